The minimum Gasteiger partial charge on any atom is -0.388 e. The maximum atomic E-state index is 11.8. The van der Waals surface area contributed by atoms with Crippen molar-refractivity contribution >= 4 is 17.4 Å². The van der Waals surface area contributed by atoms with Crippen LogP contribution in [0.5, 0.6) is 0 Å². The van der Waals surface area contributed by atoms with E-state index in [0.717, 1.165) is 11.3 Å². The van der Waals surface area contributed by atoms with E-state index in [1.165, 1.54) is 0 Å². The van der Waals surface area contributed by atoms with Crippen LogP contribution in [0.25, 0.3) is 0 Å². The van der Waals surface area contributed by atoms with Gasteiger partial charge in [-0.05, 0) is 30.7 Å². The summed E-state index contributed by atoms with van der Waals surface area (Å²) in [6, 6.07) is 3.79. The Bertz CT molecular complexity index is 388. The van der Waals surface area contributed by atoms with Gasteiger partial charge in [0.05, 0.1) is 11.6 Å². The molecular formula is C14H24N2O2S. The lowest BCUT2D eigenvalue weighted by molar-refractivity contribution is 0.0165. The normalized spacial score (nSPS) is 15.9. The van der Waals surface area contributed by atoms with Gasteiger partial charge in [-0.25, -0.2) is 4.79 Å². The van der Waals surface area contributed by atoms with Crippen molar-refractivity contribution in [1.82, 2.24) is 10.6 Å². The molecule has 0 aliphatic rings. The van der Waals surface area contributed by atoms with Gasteiger partial charge in [-0.2, -0.15) is 0 Å². The molecule has 2 unspecified atom stereocenters. The molecule has 0 fully saturated rings. The van der Waals surface area contributed by atoms with Crippen LogP contribution >= 0.6 is 11.3 Å². The first-order valence-corrected chi connectivity index (χ1v) is 7.55. The number of hydrogen-bond acceptors (Lipinski definition) is 3. The number of urea groups is 1. The molecule has 2 amide bonds. The fourth-order valence-electron chi connectivity index (χ4n) is 1.54. The van der Waals surface area contributed by atoms with Crippen LogP contribution in [0.15, 0.2) is 17.5 Å². The van der Waals surface area contributed by atoms with Crippen molar-refractivity contribution in [3.63, 3.8) is 0 Å². The molecule has 108 valence electrons. The lowest BCUT2D eigenvalue weighted by Gasteiger charge is -2.28. The van der Waals surface area contributed by atoms with Crippen LogP contribution < -0.4 is 10.6 Å². The quantitative estimate of drug-likeness (QED) is 0.752. The monoisotopic (exact) mass is 284 g/mol. The van der Waals surface area contributed by atoms with Gasteiger partial charge in [-0.3, -0.25) is 0 Å². The van der Waals surface area contributed by atoms with E-state index < -0.39 is 5.60 Å². The number of amides is 2. The molecule has 1 heterocycles. The van der Waals surface area contributed by atoms with E-state index in [1.54, 1.807) is 18.3 Å². The molecule has 0 aliphatic heterocycles. The second kappa shape index (κ2) is 6.91. The maximum absolute atomic E-state index is 11.8. The highest BCUT2D eigenvalue weighted by Crippen LogP contribution is 2.21. The molecule has 0 spiro atoms. The van der Waals surface area contributed by atoms with Crippen molar-refractivity contribution in [1.29, 1.82) is 0 Å². The Balaban J connectivity index is 2.47. The molecule has 0 aromatic carbocycles. The van der Waals surface area contributed by atoms with Crippen LogP contribution in [-0.2, 0) is 0 Å². The lowest BCUT2D eigenvalue weighted by Crippen LogP contribution is -2.47. The number of aliphatic hydroxyl groups is 1. The smallest absolute Gasteiger partial charge is 0.315 e. The van der Waals surface area contributed by atoms with E-state index in [9.17, 15) is 9.90 Å². The van der Waals surface area contributed by atoms with Gasteiger partial charge in [0.1, 0.15) is 0 Å². The molecule has 1 rings (SSSR count). The predicted molar refractivity (Wildman–Crippen MR) is 79.3 cm³/mol. The summed E-state index contributed by atoms with van der Waals surface area (Å²) < 4.78 is 0. The van der Waals surface area contributed by atoms with Gasteiger partial charge in [0.2, 0.25) is 0 Å². The molecule has 0 bridgehead atoms. The van der Waals surface area contributed by atoms with Crippen molar-refractivity contribution < 1.29 is 9.90 Å². The van der Waals surface area contributed by atoms with Gasteiger partial charge >= 0.3 is 6.03 Å². The third kappa shape index (κ3) is 4.84. The van der Waals surface area contributed by atoms with Gasteiger partial charge in [-0.1, -0.05) is 26.8 Å². The number of carbonyl (C=O) groups is 1. The minimum atomic E-state index is -0.887. The highest BCUT2D eigenvalue weighted by atomic mass is 32.1. The predicted octanol–water partition coefficient (Wildman–Crippen LogP) is 2.91. The second-order valence-corrected chi connectivity index (χ2v) is 6.29. The molecule has 5 heteroatoms. The lowest BCUT2D eigenvalue weighted by atomic mass is 9.93. The summed E-state index contributed by atoms with van der Waals surface area (Å²) in [5, 5.41) is 17.7. The number of thiophene rings is 1. The van der Waals surface area contributed by atoms with E-state index in [1.807, 2.05) is 38.3 Å². The zero-order valence-electron chi connectivity index (χ0n) is 12.1. The zero-order chi connectivity index (χ0) is 14.5. The Morgan fingerprint density at radius 3 is 2.68 bits per heavy atom. The molecule has 1 aromatic rings. The molecule has 0 aliphatic carbocycles. The van der Waals surface area contributed by atoms with Crippen LogP contribution in [-0.4, -0.2) is 23.3 Å². The summed E-state index contributed by atoms with van der Waals surface area (Å²) in [4.78, 5) is 13.0. The zero-order valence-corrected chi connectivity index (χ0v) is 12.9. The molecule has 3 N–H and O–H groups in total. The first-order chi connectivity index (χ1) is 8.86. The van der Waals surface area contributed by atoms with Crippen LogP contribution in [0, 0.1) is 5.92 Å². The summed E-state index contributed by atoms with van der Waals surface area (Å²) in [6.07, 6.45) is 0.842. The fraction of sp³-hybridized carbons (Fsp3) is 0.643. The largest absolute Gasteiger partial charge is 0.388 e. The first kappa shape index (κ1) is 16.0. The number of carbonyl (C=O) groups excluding carboxylic acids is 1. The topological polar surface area (TPSA) is 61.4 Å². The van der Waals surface area contributed by atoms with Gasteiger partial charge in [0.15, 0.2) is 0 Å². The number of hydrogen-bond donors (Lipinski definition) is 3. The molecule has 19 heavy (non-hydrogen) atoms. The van der Waals surface area contributed by atoms with Crippen molar-refractivity contribution in [3.8, 4) is 0 Å². The van der Waals surface area contributed by atoms with Gasteiger partial charge in [-0.15, -0.1) is 11.3 Å². The van der Waals surface area contributed by atoms with Gasteiger partial charge in [0, 0.05) is 11.4 Å². The van der Waals surface area contributed by atoms with E-state index in [2.05, 4.69) is 10.6 Å². The molecule has 1 aromatic heterocycles. The van der Waals surface area contributed by atoms with Crippen molar-refractivity contribution in [3.05, 3.63) is 22.4 Å². The first-order valence-electron chi connectivity index (χ1n) is 6.67. The van der Waals surface area contributed by atoms with Crippen molar-refractivity contribution in [2.24, 2.45) is 5.92 Å². The number of rotatable bonds is 6. The van der Waals surface area contributed by atoms with E-state index in [-0.39, 0.29) is 24.5 Å². The summed E-state index contributed by atoms with van der Waals surface area (Å²) in [6.45, 7) is 7.88. The summed E-state index contributed by atoms with van der Waals surface area (Å²) in [5.41, 5.74) is -0.887. The second-order valence-electron chi connectivity index (χ2n) is 5.32. The number of nitrogens with one attached hydrogen (secondary N) is 2. The molecule has 0 radical (unpaired) electrons. The molecule has 4 nitrogen and oxygen atoms in total. The maximum Gasteiger partial charge on any atom is 0.315 e. The highest BCUT2D eigenvalue weighted by molar-refractivity contribution is 7.10. The van der Waals surface area contributed by atoms with Crippen LogP contribution in [0.4, 0.5) is 4.79 Å². The average Bonchev–Trinajstić information content (AvgIpc) is 2.87. The van der Waals surface area contributed by atoms with Gasteiger partial charge < -0.3 is 15.7 Å². The highest BCUT2D eigenvalue weighted by Gasteiger charge is 2.25. The molecular weight excluding hydrogens is 260 g/mol. The van der Waals surface area contributed by atoms with Crippen LogP contribution in [0.1, 0.15) is 45.0 Å². The summed E-state index contributed by atoms with van der Waals surface area (Å²) in [5.74, 6) is 0.0899. The third-order valence-electron chi connectivity index (χ3n) is 3.45. The fourth-order valence-corrected chi connectivity index (χ4v) is 2.40. The van der Waals surface area contributed by atoms with Gasteiger partial charge in [0.25, 0.3) is 0 Å². The van der Waals surface area contributed by atoms with E-state index in [4.69, 9.17) is 0 Å². The Morgan fingerprint density at radius 1 is 1.53 bits per heavy atom. The van der Waals surface area contributed by atoms with E-state index in [0.29, 0.717) is 0 Å². The van der Waals surface area contributed by atoms with Crippen LogP contribution in [0.2, 0.25) is 0 Å². The third-order valence-corrected chi connectivity index (χ3v) is 4.44. The molecule has 2 atom stereocenters. The Hall–Kier alpha value is -1.07. The Labute approximate surface area is 119 Å². The molecule has 0 saturated heterocycles. The molecule has 0 saturated carbocycles. The van der Waals surface area contributed by atoms with Crippen molar-refractivity contribution in [2.45, 2.75) is 45.8 Å². The summed E-state index contributed by atoms with van der Waals surface area (Å²) >= 11 is 1.63. The standard InChI is InChI=1S/C14H24N2O2S/c1-5-11(12-7-6-8-19-12)16-13(17)15-9-14(4,18)10(2)3/h6-8,10-11,18H,5,9H2,1-4H3,(H2,15,16,17). The van der Waals surface area contributed by atoms with E-state index >= 15 is 0 Å². The SMILES string of the molecule is CCC(NC(=O)NCC(C)(O)C(C)C)c1cccs1. The Morgan fingerprint density at radius 2 is 2.21 bits per heavy atom. The summed E-state index contributed by atoms with van der Waals surface area (Å²) in [7, 11) is 0. The minimum absolute atomic E-state index is 0.0315. The van der Waals surface area contributed by atoms with Crippen LogP contribution in [0.3, 0.4) is 0 Å². The Kier molecular flexibility index (Phi) is 5.82. The van der Waals surface area contributed by atoms with Crippen molar-refractivity contribution in [2.75, 3.05) is 6.54 Å². The average molecular weight is 284 g/mol.